The van der Waals surface area contributed by atoms with Gasteiger partial charge in [0, 0.05) is 5.56 Å². The Balaban J connectivity index is 2.82. The van der Waals surface area contributed by atoms with Crippen LogP contribution in [0.1, 0.15) is 43.6 Å². The first-order valence-electron chi connectivity index (χ1n) is 7.70. The standard InChI is InChI=1S/C17H26F2O3Si/c1-7-21-15(20)13-8-10-14(11-9-13)17(18,19)12-22-23(5,6)16(2,3)4/h8-11H,7,12H2,1-6H3. The lowest BCUT2D eigenvalue weighted by Gasteiger charge is -2.37. The lowest BCUT2D eigenvalue weighted by Crippen LogP contribution is -2.43. The molecule has 23 heavy (non-hydrogen) atoms. The molecule has 6 heteroatoms. The third-order valence-corrected chi connectivity index (χ3v) is 8.72. The molecule has 0 spiro atoms. The Hall–Kier alpha value is -1.27. The van der Waals surface area contributed by atoms with Gasteiger partial charge in [0.05, 0.1) is 12.2 Å². The number of halogens is 2. The number of esters is 1. The minimum atomic E-state index is -3.09. The summed E-state index contributed by atoms with van der Waals surface area (Å²) in [6.07, 6.45) is 0. The summed E-state index contributed by atoms with van der Waals surface area (Å²) in [5.74, 6) is -3.61. The first kappa shape index (κ1) is 19.8. The minimum Gasteiger partial charge on any atom is -0.462 e. The molecule has 0 heterocycles. The van der Waals surface area contributed by atoms with Gasteiger partial charge in [0.2, 0.25) is 0 Å². The van der Waals surface area contributed by atoms with Crippen molar-refractivity contribution in [1.29, 1.82) is 0 Å². The number of carbonyl (C=O) groups is 1. The van der Waals surface area contributed by atoms with Gasteiger partial charge in [-0.15, -0.1) is 0 Å². The van der Waals surface area contributed by atoms with Crippen molar-refractivity contribution in [2.45, 2.75) is 51.7 Å². The van der Waals surface area contributed by atoms with E-state index in [1.165, 1.54) is 24.3 Å². The lowest BCUT2D eigenvalue weighted by molar-refractivity contribution is -0.0508. The van der Waals surface area contributed by atoms with Gasteiger partial charge in [-0.1, -0.05) is 32.9 Å². The zero-order valence-electron chi connectivity index (χ0n) is 14.7. The summed E-state index contributed by atoms with van der Waals surface area (Å²) in [7, 11) is -2.24. The topological polar surface area (TPSA) is 35.5 Å². The Morgan fingerprint density at radius 3 is 2.09 bits per heavy atom. The number of alkyl halides is 2. The molecule has 0 amide bonds. The molecule has 3 nitrogen and oxygen atoms in total. The van der Waals surface area contributed by atoms with Crippen molar-refractivity contribution in [2.75, 3.05) is 13.2 Å². The fourth-order valence-corrected chi connectivity index (χ4v) is 2.61. The Morgan fingerprint density at radius 1 is 1.13 bits per heavy atom. The Bertz CT molecular complexity index is 534. The molecule has 0 saturated carbocycles. The van der Waals surface area contributed by atoms with E-state index in [9.17, 15) is 13.6 Å². The summed E-state index contributed by atoms with van der Waals surface area (Å²) in [6.45, 7) is 11.2. The number of benzene rings is 1. The molecule has 130 valence electrons. The van der Waals surface area contributed by atoms with E-state index in [0.717, 1.165) is 0 Å². The Morgan fingerprint density at radius 2 is 1.65 bits per heavy atom. The monoisotopic (exact) mass is 344 g/mol. The predicted octanol–water partition coefficient (Wildman–Crippen LogP) is 4.98. The highest BCUT2D eigenvalue weighted by Gasteiger charge is 2.41. The molecule has 0 saturated heterocycles. The van der Waals surface area contributed by atoms with Gasteiger partial charge in [-0.2, -0.15) is 8.78 Å². The fourth-order valence-electron chi connectivity index (χ4n) is 1.64. The molecule has 1 aromatic rings. The van der Waals surface area contributed by atoms with Crippen LogP contribution in [0.15, 0.2) is 24.3 Å². The van der Waals surface area contributed by atoms with Gasteiger partial charge >= 0.3 is 5.97 Å². The van der Waals surface area contributed by atoms with Gasteiger partial charge in [-0.3, -0.25) is 0 Å². The van der Waals surface area contributed by atoms with E-state index < -0.39 is 26.8 Å². The van der Waals surface area contributed by atoms with Crippen molar-refractivity contribution in [3.05, 3.63) is 35.4 Å². The van der Waals surface area contributed by atoms with E-state index in [-0.39, 0.29) is 22.8 Å². The second-order valence-electron chi connectivity index (χ2n) is 7.05. The Kier molecular flexibility index (Phi) is 6.10. The summed E-state index contributed by atoms with van der Waals surface area (Å²) >= 11 is 0. The zero-order chi connectivity index (χ0) is 17.9. The molecule has 1 rings (SSSR count). The number of hydrogen-bond acceptors (Lipinski definition) is 3. The lowest BCUT2D eigenvalue weighted by atomic mass is 10.1. The van der Waals surface area contributed by atoms with Gasteiger partial charge < -0.3 is 9.16 Å². The smallest absolute Gasteiger partial charge is 0.338 e. The summed E-state index contributed by atoms with van der Waals surface area (Å²) in [6, 6.07) is 5.21. The average molecular weight is 344 g/mol. The molecule has 0 aliphatic carbocycles. The molecule has 0 aliphatic rings. The Labute approximate surface area is 138 Å². The fraction of sp³-hybridized carbons (Fsp3) is 0.588. The molecule has 0 bridgehead atoms. The second-order valence-corrected chi connectivity index (χ2v) is 11.9. The number of rotatable bonds is 6. The van der Waals surface area contributed by atoms with Crippen LogP contribution in [-0.4, -0.2) is 27.5 Å². The third kappa shape index (κ3) is 5.11. The molecule has 0 unspecified atom stereocenters. The SMILES string of the molecule is CCOC(=O)c1ccc(C(F)(F)CO[Si](C)(C)C(C)(C)C)cc1. The van der Waals surface area contributed by atoms with Crippen molar-refractivity contribution in [3.8, 4) is 0 Å². The number of ether oxygens (including phenoxy) is 1. The maximum Gasteiger partial charge on any atom is 0.338 e. The number of carbonyl (C=O) groups excluding carboxylic acids is 1. The number of hydrogen-bond donors (Lipinski definition) is 0. The molecule has 0 atom stereocenters. The molecule has 0 N–H and O–H groups in total. The van der Waals surface area contributed by atoms with Crippen molar-refractivity contribution < 1.29 is 22.7 Å². The largest absolute Gasteiger partial charge is 0.462 e. The van der Waals surface area contributed by atoms with E-state index in [1.54, 1.807) is 6.92 Å². The average Bonchev–Trinajstić information content (AvgIpc) is 2.45. The maximum absolute atomic E-state index is 14.3. The van der Waals surface area contributed by atoms with Crippen LogP contribution < -0.4 is 0 Å². The molecular weight excluding hydrogens is 318 g/mol. The van der Waals surface area contributed by atoms with Gasteiger partial charge in [0.1, 0.15) is 6.61 Å². The highest BCUT2D eigenvalue weighted by atomic mass is 28.4. The predicted molar refractivity (Wildman–Crippen MR) is 89.4 cm³/mol. The van der Waals surface area contributed by atoms with Crippen LogP contribution in [0.3, 0.4) is 0 Å². The van der Waals surface area contributed by atoms with Crippen LogP contribution in [0.2, 0.25) is 18.1 Å². The van der Waals surface area contributed by atoms with E-state index in [0.29, 0.717) is 0 Å². The molecule has 0 aromatic heterocycles. The van der Waals surface area contributed by atoms with E-state index >= 15 is 0 Å². The highest BCUT2D eigenvalue weighted by molar-refractivity contribution is 6.74. The quantitative estimate of drug-likeness (QED) is 0.539. The van der Waals surface area contributed by atoms with Crippen molar-refractivity contribution >= 4 is 14.3 Å². The van der Waals surface area contributed by atoms with Crippen LogP contribution in [0.4, 0.5) is 8.78 Å². The summed E-state index contributed by atoms with van der Waals surface area (Å²) in [5, 5.41) is -0.128. The molecule has 1 aromatic carbocycles. The second kappa shape index (κ2) is 7.09. The van der Waals surface area contributed by atoms with Gasteiger partial charge in [0.25, 0.3) is 5.92 Å². The van der Waals surface area contributed by atoms with Crippen LogP contribution in [0.25, 0.3) is 0 Å². The first-order valence-corrected chi connectivity index (χ1v) is 10.6. The first-order chi connectivity index (χ1) is 10.4. The molecule has 0 fully saturated rings. The van der Waals surface area contributed by atoms with Crippen LogP contribution in [0, 0.1) is 0 Å². The summed E-state index contributed by atoms with van der Waals surface area (Å²) < 4.78 is 39.1. The summed E-state index contributed by atoms with van der Waals surface area (Å²) in [4.78, 5) is 11.5. The van der Waals surface area contributed by atoms with Gasteiger partial charge in [0.15, 0.2) is 8.32 Å². The summed E-state index contributed by atoms with van der Waals surface area (Å²) in [5.41, 5.74) is 0.0981. The van der Waals surface area contributed by atoms with Crippen LogP contribution in [0.5, 0.6) is 0 Å². The zero-order valence-corrected chi connectivity index (χ0v) is 15.7. The molecule has 0 radical (unpaired) electrons. The maximum atomic E-state index is 14.3. The van der Waals surface area contributed by atoms with Gasteiger partial charge in [-0.05, 0) is 37.2 Å². The molecule has 0 aliphatic heterocycles. The van der Waals surface area contributed by atoms with Crippen molar-refractivity contribution in [1.82, 2.24) is 0 Å². The molecular formula is C17H26F2O3Si. The van der Waals surface area contributed by atoms with E-state index in [2.05, 4.69) is 0 Å². The van der Waals surface area contributed by atoms with Crippen LogP contribution in [-0.2, 0) is 15.1 Å². The van der Waals surface area contributed by atoms with Crippen molar-refractivity contribution in [3.63, 3.8) is 0 Å². The normalized spacial score (nSPS) is 13.0. The van der Waals surface area contributed by atoms with Crippen LogP contribution >= 0.6 is 0 Å². The minimum absolute atomic E-state index is 0.128. The van der Waals surface area contributed by atoms with E-state index in [1.807, 2.05) is 33.9 Å². The van der Waals surface area contributed by atoms with Crippen molar-refractivity contribution in [2.24, 2.45) is 0 Å². The third-order valence-electron chi connectivity index (χ3n) is 4.24. The highest BCUT2D eigenvalue weighted by Crippen LogP contribution is 2.38. The van der Waals surface area contributed by atoms with E-state index in [4.69, 9.17) is 9.16 Å². The van der Waals surface area contributed by atoms with Gasteiger partial charge in [-0.25, -0.2) is 4.79 Å².